The topological polar surface area (TPSA) is 42.5 Å². The normalized spacial score (nSPS) is 40.4. The molecule has 2 aliphatic heterocycles. The van der Waals surface area contributed by atoms with Crippen molar-refractivity contribution < 1.29 is 9.47 Å². The van der Waals surface area contributed by atoms with Crippen LogP contribution in [0.5, 0.6) is 0 Å². The molecule has 3 aliphatic rings. The van der Waals surface area contributed by atoms with Crippen molar-refractivity contribution in [1.82, 2.24) is 10.6 Å². The van der Waals surface area contributed by atoms with E-state index in [1.807, 2.05) is 0 Å². The van der Waals surface area contributed by atoms with Crippen LogP contribution in [0.2, 0.25) is 0 Å². The maximum atomic E-state index is 6.11. The van der Waals surface area contributed by atoms with E-state index in [2.05, 4.69) is 17.6 Å². The third kappa shape index (κ3) is 2.50. The maximum absolute atomic E-state index is 6.11. The van der Waals surface area contributed by atoms with E-state index in [1.54, 1.807) is 0 Å². The summed E-state index contributed by atoms with van der Waals surface area (Å²) in [4.78, 5) is 0. The molecule has 17 heavy (non-hydrogen) atoms. The Balaban J connectivity index is 1.47. The molecule has 2 heterocycles. The fourth-order valence-corrected chi connectivity index (χ4v) is 3.22. The summed E-state index contributed by atoms with van der Waals surface area (Å²) in [7, 11) is 0. The third-order valence-electron chi connectivity index (χ3n) is 4.40. The van der Waals surface area contributed by atoms with E-state index in [-0.39, 0.29) is 17.4 Å². The van der Waals surface area contributed by atoms with Gasteiger partial charge in [0, 0.05) is 31.5 Å². The molecule has 0 bridgehead atoms. The molecule has 0 radical (unpaired) electrons. The average Bonchev–Trinajstić information content (AvgIpc) is 3.01. The minimum absolute atomic E-state index is 0.207. The summed E-state index contributed by atoms with van der Waals surface area (Å²) in [6.45, 7) is 6.14. The molecule has 3 fully saturated rings. The fourth-order valence-electron chi connectivity index (χ4n) is 3.22. The van der Waals surface area contributed by atoms with Crippen molar-refractivity contribution in [2.45, 2.75) is 56.5 Å². The summed E-state index contributed by atoms with van der Waals surface area (Å²) in [6, 6.07) is 0. The highest BCUT2D eigenvalue weighted by Gasteiger charge is 2.44. The highest BCUT2D eigenvalue weighted by molar-refractivity contribution is 4.93. The van der Waals surface area contributed by atoms with Crippen molar-refractivity contribution in [3.8, 4) is 0 Å². The van der Waals surface area contributed by atoms with E-state index < -0.39 is 0 Å². The van der Waals surface area contributed by atoms with Crippen LogP contribution in [0.15, 0.2) is 0 Å². The van der Waals surface area contributed by atoms with Crippen LogP contribution in [-0.4, -0.2) is 43.7 Å². The van der Waals surface area contributed by atoms with Gasteiger partial charge in [-0.05, 0) is 32.7 Å². The number of hydrogen-bond donors (Lipinski definition) is 2. The Bertz CT molecular complexity index is 271. The van der Waals surface area contributed by atoms with Crippen LogP contribution in [0.4, 0.5) is 0 Å². The summed E-state index contributed by atoms with van der Waals surface area (Å²) in [5.41, 5.74) is 0.245. The molecule has 4 nitrogen and oxygen atoms in total. The van der Waals surface area contributed by atoms with Gasteiger partial charge in [-0.15, -0.1) is 0 Å². The van der Waals surface area contributed by atoms with Crippen LogP contribution in [0.1, 0.15) is 39.0 Å². The SMILES string of the molecule is CC1(NCC2COC3(CCCC3)O2)CCNC1. The van der Waals surface area contributed by atoms with Crippen molar-refractivity contribution in [2.75, 3.05) is 26.2 Å². The van der Waals surface area contributed by atoms with Crippen LogP contribution >= 0.6 is 0 Å². The van der Waals surface area contributed by atoms with Crippen molar-refractivity contribution in [2.24, 2.45) is 0 Å². The summed E-state index contributed by atoms with van der Waals surface area (Å²) < 4.78 is 12.0. The molecule has 2 saturated heterocycles. The van der Waals surface area contributed by atoms with Crippen molar-refractivity contribution in [3.63, 3.8) is 0 Å². The smallest absolute Gasteiger partial charge is 0.168 e. The lowest BCUT2D eigenvalue weighted by molar-refractivity contribution is -0.161. The number of rotatable bonds is 3. The summed E-state index contributed by atoms with van der Waals surface area (Å²) in [5.74, 6) is -0.207. The Morgan fingerprint density at radius 1 is 1.29 bits per heavy atom. The Kier molecular flexibility index (Phi) is 3.15. The zero-order valence-electron chi connectivity index (χ0n) is 10.8. The fraction of sp³-hybridized carbons (Fsp3) is 1.00. The standard InChI is InChI=1S/C13H24N2O2/c1-12(6-7-14-10-12)15-8-11-9-16-13(17-11)4-2-3-5-13/h11,14-15H,2-10H2,1H3. The van der Waals surface area contributed by atoms with Gasteiger partial charge in [-0.3, -0.25) is 0 Å². The quantitative estimate of drug-likeness (QED) is 0.773. The predicted molar refractivity (Wildman–Crippen MR) is 65.9 cm³/mol. The van der Waals surface area contributed by atoms with Gasteiger partial charge in [-0.25, -0.2) is 0 Å². The first-order valence-electron chi connectivity index (χ1n) is 6.97. The Morgan fingerprint density at radius 3 is 2.82 bits per heavy atom. The molecule has 2 atom stereocenters. The van der Waals surface area contributed by atoms with Crippen molar-refractivity contribution in [3.05, 3.63) is 0 Å². The molecule has 4 heteroatoms. The summed E-state index contributed by atoms with van der Waals surface area (Å²) in [6.07, 6.45) is 6.12. The van der Waals surface area contributed by atoms with Gasteiger partial charge >= 0.3 is 0 Å². The van der Waals surface area contributed by atoms with Crippen molar-refractivity contribution in [1.29, 1.82) is 0 Å². The molecular weight excluding hydrogens is 216 g/mol. The molecule has 3 rings (SSSR count). The molecule has 1 saturated carbocycles. The van der Waals surface area contributed by atoms with Crippen LogP contribution in [0, 0.1) is 0 Å². The molecule has 2 N–H and O–H groups in total. The molecular formula is C13H24N2O2. The molecule has 98 valence electrons. The number of ether oxygens (including phenoxy) is 2. The maximum Gasteiger partial charge on any atom is 0.168 e. The number of hydrogen-bond acceptors (Lipinski definition) is 4. The zero-order chi connectivity index (χ0) is 11.8. The Labute approximate surface area is 103 Å². The first-order chi connectivity index (χ1) is 8.20. The van der Waals surface area contributed by atoms with Gasteiger partial charge in [0.1, 0.15) is 0 Å². The van der Waals surface area contributed by atoms with Crippen LogP contribution in [-0.2, 0) is 9.47 Å². The minimum Gasteiger partial charge on any atom is -0.347 e. The average molecular weight is 240 g/mol. The first-order valence-corrected chi connectivity index (χ1v) is 6.97. The van der Waals surface area contributed by atoms with Gasteiger partial charge in [0.25, 0.3) is 0 Å². The van der Waals surface area contributed by atoms with E-state index in [9.17, 15) is 0 Å². The summed E-state index contributed by atoms with van der Waals surface area (Å²) >= 11 is 0. The second kappa shape index (κ2) is 4.50. The van der Waals surface area contributed by atoms with E-state index in [0.29, 0.717) is 0 Å². The van der Waals surface area contributed by atoms with Gasteiger partial charge in [0.2, 0.25) is 0 Å². The largest absolute Gasteiger partial charge is 0.347 e. The highest BCUT2D eigenvalue weighted by atomic mass is 16.7. The lowest BCUT2D eigenvalue weighted by Gasteiger charge is -2.27. The highest BCUT2D eigenvalue weighted by Crippen LogP contribution is 2.39. The predicted octanol–water partition coefficient (Wildman–Crippen LogP) is 1.01. The molecule has 2 unspecified atom stereocenters. The second-order valence-corrected chi connectivity index (χ2v) is 6.04. The molecule has 0 aromatic carbocycles. The first kappa shape index (κ1) is 11.9. The zero-order valence-corrected chi connectivity index (χ0v) is 10.8. The van der Waals surface area contributed by atoms with Gasteiger partial charge in [0.05, 0.1) is 12.7 Å². The van der Waals surface area contributed by atoms with E-state index in [0.717, 1.165) is 39.1 Å². The van der Waals surface area contributed by atoms with Crippen LogP contribution in [0.25, 0.3) is 0 Å². The Morgan fingerprint density at radius 2 is 2.12 bits per heavy atom. The molecule has 1 aliphatic carbocycles. The van der Waals surface area contributed by atoms with Crippen molar-refractivity contribution >= 4 is 0 Å². The van der Waals surface area contributed by atoms with E-state index in [1.165, 1.54) is 19.3 Å². The lowest BCUT2D eigenvalue weighted by atomic mass is 10.0. The molecule has 0 aromatic heterocycles. The Hall–Kier alpha value is -0.160. The monoisotopic (exact) mass is 240 g/mol. The second-order valence-electron chi connectivity index (χ2n) is 6.04. The van der Waals surface area contributed by atoms with Crippen LogP contribution < -0.4 is 10.6 Å². The number of nitrogens with one attached hydrogen (secondary N) is 2. The third-order valence-corrected chi connectivity index (χ3v) is 4.40. The molecule has 0 aromatic rings. The molecule has 0 amide bonds. The van der Waals surface area contributed by atoms with Gasteiger partial charge in [-0.2, -0.15) is 0 Å². The molecule has 1 spiro atoms. The van der Waals surface area contributed by atoms with E-state index >= 15 is 0 Å². The van der Waals surface area contributed by atoms with Crippen LogP contribution in [0.3, 0.4) is 0 Å². The van der Waals surface area contributed by atoms with Gasteiger partial charge in [0.15, 0.2) is 5.79 Å². The van der Waals surface area contributed by atoms with Gasteiger partial charge < -0.3 is 20.1 Å². The lowest BCUT2D eigenvalue weighted by Crippen LogP contribution is -2.48. The summed E-state index contributed by atoms with van der Waals surface area (Å²) in [5, 5.41) is 7.04. The van der Waals surface area contributed by atoms with Gasteiger partial charge in [-0.1, -0.05) is 0 Å². The van der Waals surface area contributed by atoms with E-state index in [4.69, 9.17) is 9.47 Å². The minimum atomic E-state index is -0.207.